The number of hydrogen-bond acceptors (Lipinski definition) is 4. The molecule has 5 nitrogen and oxygen atoms in total. The average Bonchev–Trinajstić information content (AvgIpc) is 3.32. The molecule has 1 saturated heterocycles. The van der Waals surface area contributed by atoms with Crippen LogP contribution in [0, 0.1) is 0 Å². The molecule has 2 aliphatic rings. The van der Waals surface area contributed by atoms with Crippen molar-refractivity contribution in [3.8, 4) is 5.75 Å². The van der Waals surface area contributed by atoms with E-state index in [2.05, 4.69) is 5.32 Å². The Balaban J connectivity index is 1.44. The Morgan fingerprint density at radius 3 is 2.45 bits per heavy atom. The SMILES string of the molecule is COc1cccc(C2(C(=O)Nc3ccc(CC(=O)N4CCSCC4)cc3)CCCC2)c1. The van der Waals surface area contributed by atoms with Crippen LogP contribution < -0.4 is 10.1 Å². The number of ether oxygens (including phenoxy) is 1. The van der Waals surface area contributed by atoms with Gasteiger partial charge in [0.05, 0.1) is 18.9 Å². The summed E-state index contributed by atoms with van der Waals surface area (Å²) in [6, 6.07) is 15.6. The van der Waals surface area contributed by atoms with Crippen molar-refractivity contribution in [2.24, 2.45) is 0 Å². The molecule has 1 aliphatic carbocycles. The van der Waals surface area contributed by atoms with Crippen LogP contribution in [0.1, 0.15) is 36.8 Å². The van der Waals surface area contributed by atoms with Gasteiger partial charge < -0.3 is 15.0 Å². The molecule has 0 atom stereocenters. The number of methoxy groups -OCH3 is 1. The molecular formula is C25H30N2O3S. The van der Waals surface area contributed by atoms with Crippen LogP contribution in [-0.4, -0.2) is 48.4 Å². The Hall–Kier alpha value is -2.47. The topological polar surface area (TPSA) is 58.6 Å². The molecule has 1 heterocycles. The van der Waals surface area contributed by atoms with Crippen molar-refractivity contribution >= 4 is 29.3 Å². The van der Waals surface area contributed by atoms with Crippen LogP contribution in [0.15, 0.2) is 48.5 Å². The van der Waals surface area contributed by atoms with Crippen LogP contribution in [0.3, 0.4) is 0 Å². The van der Waals surface area contributed by atoms with Crippen LogP contribution in [0.5, 0.6) is 5.75 Å². The molecule has 6 heteroatoms. The summed E-state index contributed by atoms with van der Waals surface area (Å²) in [5.41, 5.74) is 2.24. The Labute approximate surface area is 188 Å². The Kier molecular flexibility index (Phi) is 6.86. The van der Waals surface area contributed by atoms with Crippen molar-refractivity contribution in [3.63, 3.8) is 0 Å². The lowest BCUT2D eigenvalue weighted by Crippen LogP contribution is -2.38. The smallest absolute Gasteiger partial charge is 0.235 e. The maximum Gasteiger partial charge on any atom is 0.235 e. The number of anilines is 1. The number of nitrogens with zero attached hydrogens (tertiary/aromatic N) is 1. The van der Waals surface area contributed by atoms with Gasteiger partial charge in [0, 0.05) is 30.3 Å². The molecule has 1 aliphatic heterocycles. The molecule has 2 amide bonds. The van der Waals surface area contributed by atoms with Gasteiger partial charge in [-0.2, -0.15) is 11.8 Å². The van der Waals surface area contributed by atoms with Gasteiger partial charge in [-0.1, -0.05) is 37.1 Å². The van der Waals surface area contributed by atoms with E-state index in [0.29, 0.717) is 6.42 Å². The summed E-state index contributed by atoms with van der Waals surface area (Å²) < 4.78 is 5.38. The number of carbonyl (C=O) groups is 2. The first kappa shape index (κ1) is 21.8. The molecule has 2 fully saturated rings. The maximum absolute atomic E-state index is 13.4. The van der Waals surface area contributed by atoms with E-state index in [0.717, 1.165) is 72.8 Å². The van der Waals surface area contributed by atoms with E-state index < -0.39 is 5.41 Å². The molecule has 0 spiro atoms. The molecule has 2 aromatic carbocycles. The van der Waals surface area contributed by atoms with Gasteiger partial charge in [-0.3, -0.25) is 9.59 Å². The lowest BCUT2D eigenvalue weighted by molar-refractivity contribution is -0.130. The molecule has 1 N–H and O–H groups in total. The molecule has 0 radical (unpaired) electrons. The summed E-state index contributed by atoms with van der Waals surface area (Å²) in [7, 11) is 1.65. The Morgan fingerprint density at radius 1 is 1.06 bits per heavy atom. The third-order valence-electron chi connectivity index (χ3n) is 6.45. The highest BCUT2D eigenvalue weighted by molar-refractivity contribution is 7.99. The normalized spacial score (nSPS) is 17.9. The predicted octanol–water partition coefficient (Wildman–Crippen LogP) is 4.26. The summed E-state index contributed by atoms with van der Waals surface area (Å²) in [6.45, 7) is 1.67. The van der Waals surface area contributed by atoms with Gasteiger partial charge in [-0.05, 0) is 48.2 Å². The minimum Gasteiger partial charge on any atom is -0.497 e. The first-order valence-electron chi connectivity index (χ1n) is 11.0. The van der Waals surface area contributed by atoms with Crippen LogP contribution in [0.25, 0.3) is 0 Å². The monoisotopic (exact) mass is 438 g/mol. The van der Waals surface area contributed by atoms with E-state index in [4.69, 9.17) is 4.74 Å². The van der Waals surface area contributed by atoms with E-state index in [1.54, 1.807) is 7.11 Å². The third-order valence-corrected chi connectivity index (χ3v) is 7.39. The van der Waals surface area contributed by atoms with Gasteiger partial charge in [0.15, 0.2) is 0 Å². The van der Waals surface area contributed by atoms with Crippen LogP contribution in [0.4, 0.5) is 5.69 Å². The lowest BCUT2D eigenvalue weighted by Gasteiger charge is -2.29. The van der Waals surface area contributed by atoms with Crippen molar-refractivity contribution < 1.29 is 14.3 Å². The zero-order chi connectivity index (χ0) is 21.7. The zero-order valence-electron chi connectivity index (χ0n) is 18.1. The van der Waals surface area contributed by atoms with E-state index in [1.165, 1.54) is 0 Å². The molecule has 4 rings (SSSR count). The van der Waals surface area contributed by atoms with Crippen molar-refractivity contribution in [3.05, 3.63) is 59.7 Å². The van der Waals surface area contributed by atoms with Crippen molar-refractivity contribution in [2.45, 2.75) is 37.5 Å². The highest BCUT2D eigenvalue weighted by Gasteiger charge is 2.42. The fraction of sp³-hybridized carbons (Fsp3) is 0.440. The lowest BCUT2D eigenvalue weighted by atomic mass is 9.78. The Bertz CT molecular complexity index is 917. The number of nitrogens with one attached hydrogen (secondary N) is 1. The van der Waals surface area contributed by atoms with Crippen molar-refractivity contribution in [1.82, 2.24) is 4.90 Å². The van der Waals surface area contributed by atoms with Gasteiger partial charge in [0.25, 0.3) is 0 Å². The number of carbonyl (C=O) groups excluding carboxylic acids is 2. The summed E-state index contributed by atoms with van der Waals surface area (Å²) in [5.74, 6) is 3.03. The predicted molar refractivity (Wildman–Crippen MR) is 126 cm³/mol. The highest BCUT2D eigenvalue weighted by Crippen LogP contribution is 2.43. The Morgan fingerprint density at radius 2 is 1.77 bits per heavy atom. The van der Waals surface area contributed by atoms with Crippen molar-refractivity contribution in [2.75, 3.05) is 37.0 Å². The quantitative estimate of drug-likeness (QED) is 0.732. The fourth-order valence-corrected chi connectivity index (χ4v) is 5.51. The molecule has 0 aromatic heterocycles. The van der Waals surface area contributed by atoms with Crippen molar-refractivity contribution in [1.29, 1.82) is 0 Å². The minimum absolute atomic E-state index is 0.0351. The van der Waals surface area contributed by atoms with Gasteiger partial charge >= 0.3 is 0 Å². The van der Waals surface area contributed by atoms with Gasteiger partial charge in [-0.15, -0.1) is 0 Å². The largest absolute Gasteiger partial charge is 0.497 e. The molecular weight excluding hydrogens is 408 g/mol. The number of thioether (sulfide) groups is 1. The summed E-state index contributed by atoms with van der Waals surface area (Å²) in [4.78, 5) is 27.8. The number of benzene rings is 2. The molecule has 0 unspecified atom stereocenters. The molecule has 164 valence electrons. The number of amides is 2. The second-order valence-electron chi connectivity index (χ2n) is 8.34. The van der Waals surface area contributed by atoms with Gasteiger partial charge in [0.2, 0.25) is 11.8 Å². The summed E-state index contributed by atoms with van der Waals surface area (Å²) in [5, 5.41) is 3.13. The summed E-state index contributed by atoms with van der Waals surface area (Å²) in [6.07, 6.45) is 4.17. The van der Waals surface area contributed by atoms with E-state index in [-0.39, 0.29) is 11.8 Å². The van der Waals surface area contributed by atoms with Gasteiger partial charge in [-0.25, -0.2) is 0 Å². The standard InChI is InChI=1S/C25H30N2O3S/c1-30-22-6-4-5-20(18-22)25(11-2-3-12-25)24(29)26-21-9-7-19(8-10-21)17-23(28)27-13-15-31-16-14-27/h4-10,18H,2-3,11-17H2,1H3,(H,26,29). The van der Waals surface area contributed by atoms with E-state index >= 15 is 0 Å². The second kappa shape index (κ2) is 9.77. The van der Waals surface area contributed by atoms with Crippen LogP contribution in [-0.2, 0) is 21.4 Å². The summed E-state index contributed by atoms with van der Waals surface area (Å²) >= 11 is 1.90. The molecule has 2 aromatic rings. The van der Waals surface area contributed by atoms with E-state index in [9.17, 15) is 9.59 Å². The zero-order valence-corrected chi connectivity index (χ0v) is 18.9. The second-order valence-corrected chi connectivity index (χ2v) is 9.57. The minimum atomic E-state index is -0.518. The number of rotatable bonds is 6. The third kappa shape index (κ3) is 4.90. The maximum atomic E-state index is 13.4. The highest BCUT2D eigenvalue weighted by atomic mass is 32.2. The van der Waals surface area contributed by atoms with Crippen LogP contribution >= 0.6 is 11.8 Å². The molecule has 1 saturated carbocycles. The van der Waals surface area contributed by atoms with Crippen LogP contribution in [0.2, 0.25) is 0 Å². The average molecular weight is 439 g/mol. The van der Waals surface area contributed by atoms with E-state index in [1.807, 2.05) is 65.2 Å². The number of hydrogen-bond donors (Lipinski definition) is 1. The first-order valence-corrected chi connectivity index (χ1v) is 12.2. The fourth-order valence-electron chi connectivity index (χ4n) is 4.60. The molecule has 0 bridgehead atoms. The van der Waals surface area contributed by atoms with Gasteiger partial charge in [0.1, 0.15) is 5.75 Å². The molecule has 31 heavy (non-hydrogen) atoms. The first-order chi connectivity index (χ1) is 15.1.